The fourth-order valence-corrected chi connectivity index (χ4v) is 0.407. The lowest BCUT2D eigenvalue weighted by atomic mass is 10.2. The smallest absolute Gasteiger partial charge is 0.323 e. The van der Waals surface area contributed by atoms with Crippen LogP contribution < -0.4 is 0 Å². The van der Waals surface area contributed by atoms with Crippen LogP contribution >= 0.6 is 12.6 Å². The molecule has 63 valence electrons. The lowest BCUT2D eigenvalue weighted by molar-refractivity contribution is -0.148. The van der Waals surface area contributed by atoms with E-state index in [1.165, 1.54) is 0 Å². The quantitative estimate of drug-likeness (QED) is 0.482. The zero-order valence-electron chi connectivity index (χ0n) is 7.09. The first-order valence-corrected chi connectivity index (χ1v) is 3.83. The second-order valence-corrected chi connectivity index (χ2v) is 3.88. The Balaban J connectivity index is 3.98. The molecular weight excluding hydrogens is 160 g/mol. The van der Waals surface area contributed by atoms with Crippen molar-refractivity contribution in [3.8, 4) is 0 Å². The molecule has 2 nitrogen and oxygen atoms in total. The summed E-state index contributed by atoms with van der Waals surface area (Å²) >= 11 is 4.87. The predicted octanol–water partition coefficient (Wildman–Crippen LogP) is 2.08. The molecule has 0 fully saturated rings. The van der Waals surface area contributed by atoms with E-state index in [9.17, 15) is 4.79 Å². The van der Waals surface area contributed by atoms with Gasteiger partial charge in [0.2, 0.25) is 0 Å². The first kappa shape index (κ1) is 10.6. The van der Waals surface area contributed by atoms with Gasteiger partial charge in [0.1, 0.15) is 10.9 Å². The van der Waals surface area contributed by atoms with E-state index in [-0.39, 0.29) is 12.1 Å². The summed E-state index contributed by atoms with van der Waals surface area (Å²) < 4.78 is 4.07. The molecule has 1 radical (unpaired) electrons. The van der Waals surface area contributed by atoms with Gasteiger partial charge in [-0.3, -0.25) is 4.79 Å². The van der Waals surface area contributed by atoms with Crippen molar-refractivity contribution in [2.24, 2.45) is 0 Å². The number of carbonyl (C=O) groups excluding carboxylic acids is 1. The Labute approximate surface area is 73.0 Å². The first-order valence-electron chi connectivity index (χ1n) is 3.42. The van der Waals surface area contributed by atoms with Gasteiger partial charge in [-0.1, -0.05) is 25.3 Å². The van der Waals surface area contributed by atoms with E-state index in [1.54, 1.807) is 26.8 Å². The molecule has 1 unspecified atom stereocenters. The molecule has 0 aromatic rings. The third-order valence-corrected chi connectivity index (χ3v) is 1.28. The summed E-state index contributed by atoms with van der Waals surface area (Å²) in [5.74, 6) is -0.375. The highest BCUT2D eigenvalue weighted by molar-refractivity contribution is 7.82. The van der Waals surface area contributed by atoms with Gasteiger partial charge in [-0.25, -0.2) is 0 Å². The van der Waals surface area contributed by atoms with E-state index in [0.29, 0.717) is 0 Å². The Morgan fingerprint density at radius 1 is 1.73 bits per heavy atom. The molecule has 0 N–H and O–H groups in total. The number of esters is 1. The molecule has 0 aliphatic heterocycles. The van der Waals surface area contributed by atoms with Crippen LogP contribution in [0, 0.1) is 0 Å². The van der Waals surface area contributed by atoms with Crippen LogP contribution in [0.1, 0.15) is 20.8 Å². The van der Waals surface area contributed by atoms with E-state index >= 15 is 0 Å². The van der Waals surface area contributed by atoms with E-state index < -0.39 is 4.75 Å². The van der Waals surface area contributed by atoms with Crippen molar-refractivity contribution in [2.45, 2.75) is 31.6 Å². The van der Waals surface area contributed by atoms with Crippen molar-refractivity contribution >= 4 is 18.6 Å². The first-order chi connectivity index (χ1) is 4.88. The summed E-state index contributed by atoms with van der Waals surface area (Å²) in [4.78, 5) is 11.1. The average Bonchev–Trinajstić information content (AvgIpc) is 1.85. The van der Waals surface area contributed by atoms with Gasteiger partial charge in [-0.05, 0) is 20.8 Å². The molecule has 0 saturated heterocycles. The summed E-state index contributed by atoms with van der Waals surface area (Å²) in [5, 5.41) is 0. The molecule has 0 heterocycles. The molecule has 0 aromatic carbocycles. The Hall–Kier alpha value is -0.440. The summed E-state index contributed by atoms with van der Waals surface area (Å²) in [5.41, 5.74) is 0. The fourth-order valence-electron chi connectivity index (χ4n) is 0.359. The highest BCUT2D eigenvalue weighted by atomic mass is 32.1. The molecule has 0 aliphatic carbocycles. The molecular formula is C8H13O2S. The fraction of sp³-hybridized carbons (Fsp3) is 0.625. The minimum atomic E-state index is -0.836. The third-order valence-electron chi connectivity index (χ3n) is 1.12. The molecule has 11 heavy (non-hydrogen) atoms. The zero-order valence-corrected chi connectivity index (χ0v) is 7.90. The summed E-state index contributed by atoms with van der Waals surface area (Å²) in [6, 6.07) is 0. The van der Waals surface area contributed by atoms with Crippen molar-refractivity contribution in [1.82, 2.24) is 0 Å². The minimum absolute atomic E-state index is 0.260. The molecule has 1 atom stereocenters. The van der Waals surface area contributed by atoms with Crippen LogP contribution in [0.4, 0.5) is 0 Å². The zero-order chi connectivity index (χ0) is 9.07. The molecule has 0 spiro atoms. The van der Waals surface area contributed by atoms with Gasteiger partial charge in [-0.15, -0.1) is 0 Å². The van der Waals surface area contributed by atoms with Gasteiger partial charge in [0.15, 0.2) is 0 Å². The molecule has 0 rings (SSSR count). The highest BCUT2D eigenvalue weighted by Crippen LogP contribution is 2.14. The minimum Gasteiger partial charge on any atom is -0.457 e. The second-order valence-electron chi connectivity index (χ2n) is 2.86. The maximum atomic E-state index is 11.1. The number of ether oxygens (including phenoxy) is 1. The molecule has 0 amide bonds. The number of hydrogen-bond acceptors (Lipinski definition) is 2. The Kier molecular flexibility index (Phi) is 3.66. The summed E-state index contributed by atoms with van der Waals surface area (Å²) in [7, 11) is 0. The molecule has 3 heteroatoms. The van der Waals surface area contributed by atoms with Crippen molar-refractivity contribution in [1.29, 1.82) is 0 Å². The standard InChI is InChI=1S/C8H13O2S/c1-5-6(2)10-7(9)8(3,4)11/h5-6H,1H2,2-4H3. The summed E-state index contributed by atoms with van der Waals surface area (Å²) in [6.07, 6.45) is 1.30. The van der Waals surface area contributed by atoms with E-state index in [2.05, 4.69) is 6.58 Å². The predicted molar refractivity (Wildman–Crippen MR) is 47.4 cm³/mol. The Morgan fingerprint density at radius 3 is 2.45 bits per heavy atom. The molecule has 0 aliphatic rings. The van der Waals surface area contributed by atoms with Crippen LogP contribution in [-0.4, -0.2) is 16.8 Å². The van der Waals surface area contributed by atoms with Crippen molar-refractivity contribution in [3.63, 3.8) is 0 Å². The third kappa shape index (κ3) is 4.09. The van der Waals surface area contributed by atoms with E-state index in [4.69, 9.17) is 17.4 Å². The lowest BCUT2D eigenvalue weighted by Gasteiger charge is -2.17. The van der Waals surface area contributed by atoms with Crippen LogP contribution in [0.25, 0.3) is 0 Å². The number of rotatable bonds is 3. The van der Waals surface area contributed by atoms with Crippen LogP contribution in [0.2, 0.25) is 0 Å². The van der Waals surface area contributed by atoms with Gasteiger partial charge in [-0.2, -0.15) is 0 Å². The maximum Gasteiger partial charge on any atom is 0.323 e. The van der Waals surface area contributed by atoms with Crippen LogP contribution in [-0.2, 0) is 9.53 Å². The van der Waals surface area contributed by atoms with E-state index in [0.717, 1.165) is 0 Å². The summed E-state index contributed by atoms with van der Waals surface area (Å²) in [6.45, 7) is 8.51. The van der Waals surface area contributed by atoms with Crippen LogP contribution in [0.5, 0.6) is 0 Å². The van der Waals surface area contributed by atoms with Gasteiger partial charge in [0, 0.05) is 0 Å². The van der Waals surface area contributed by atoms with E-state index in [1.807, 2.05) is 0 Å². The number of carbonyl (C=O) groups is 1. The van der Waals surface area contributed by atoms with Gasteiger partial charge < -0.3 is 4.74 Å². The molecule has 0 bridgehead atoms. The largest absolute Gasteiger partial charge is 0.457 e. The Bertz CT molecular complexity index is 158. The van der Waals surface area contributed by atoms with Gasteiger partial charge >= 0.3 is 5.97 Å². The van der Waals surface area contributed by atoms with Gasteiger partial charge in [0.25, 0.3) is 0 Å². The van der Waals surface area contributed by atoms with Crippen LogP contribution in [0.3, 0.4) is 0 Å². The normalized spacial score (nSPS) is 13.8. The molecule has 0 saturated carbocycles. The second kappa shape index (κ2) is 3.81. The average molecular weight is 173 g/mol. The lowest BCUT2D eigenvalue weighted by Crippen LogP contribution is -2.29. The number of hydrogen-bond donors (Lipinski definition) is 0. The van der Waals surface area contributed by atoms with Crippen LogP contribution in [0.15, 0.2) is 12.7 Å². The topological polar surface area (TPSA) is 26.3 Å². The highest BCUT2D eigenvalue weighted by Gasteiger charge is 2.26. The Morgan fingerprint density at radius 2 is 2.18 bits per heavy atom. The van der Waals surface area contributed by atoms with Crippen molar-refractivity contribution in [3.05, 3.63) is 12.7 Å². The van der Waals surface area contributed by atoms with Gasteiger partial charge in [0.05, 0.1) is 0 Å². The maximum absolute atomic E-state index is 11.1. The van der Waals surface area contributed by atoms with Crippen molar-refractivity contribution in [2.75, 3.05) is 0 Å². The molecule has 0 aromatic heterocycles. The van der Waals surface area contributed by atoms with Crippen molar-refractivity contribution < 1.29 is 9.53 Å². The SMILES string of the molecule is C=CC(C)OC(=O)C(C)(C)[S]. The monoisotopic (exact) mass is 173 g/mol.